The van der Waals surface area contributed by atoms with Gasteiger partial charge in [0, 0.05) is 23.5 Å². The predicted octanol–water partition coefficient (Wildman–Crippen LogP) is 4.70. The van der Waals surface area contributed by atoms with Crippen LogP contribution in [0.1, 0.15) is 16.7 Å². The molecule has 2 aromatic carbocycles. The standard InChI is InChI=1S/C16H12F3N/c1-11-13-8-5-9-15(16(17,18)19)14(13)10-20(11)12-6-3-2-4-7-12/h2-9H,1,10H2. The lowest BCUT2D eigenvalue weighted by Gasteiger charge is -2.19. The van der Waals surface area contributed by atoms with Gasteiger partial charge in [0.15, 0.2) is 0 Å². The van der Waals surface area contributed by atoms with Crippen molar-refractivity contribution in [2.24, 2.45) is 0 Å². The van der Waals surface area contributed by atoms with Crippen molar-refractivity contribution < 1.29 is 13.2 Å². The van der Waals surface area contributed by atoms with Gasteiger partial charge in [-0.25, -0.2) is 0 Å². The third kappa shape index (κ3) is 1.97. The summed E-state index contributed by atoms with van der Waals surface area (Å²) in [4.78, 5) is 1.81. The highest BCUT2D eigenvalue weighted by atomic mass is 19.4. The molecule has 4 heteroatoms. The van der Waals surface area contributed by atoms with Crippen molar-refractivity contribution in [1.82, 2.24) is 0 Å². The predicted molar refractivity (Wildman–Crippen MR) is 73.1 cm³/mol. The van der Waals surface area contributed by atoms with Crippen LogP contribution >= 0.6 is 0 Å². The van der Waals surface area contributed by atoms with Crippen molar-refractivity contribution in [1.29, 1.82) is 0 Å². The molecule has 0 atom stereocenters. The van der Waals surface area contributed by atoms with Gasteiger partial charge >= 0.3 is 6.18 Å². The Hall–Kier alpha value is -2.23. The minimum Gasteiger partial charge on any atom is -0.337 e. The molecule has 1 aliphatic heterocycles. The molecule has 1 aliphatic rings. The molecule has 0 N–H and O–H groups in total. The Morgan fingerprint density at radius 1 is 0.950 bits per heavy atom. The van der Waals surface area contributed by atoms with Crippen LogP contribution in [0.3, 0.4) is 0 Å². The monoisotopic (exact) mass is 275 g/mol. The maximum Gasteiger partial charge on any atom is 0.416 e. The molecule has 0 saturated heterocycles. The lowest BCUT2D eigenvalue weighted by Crippen LogP contribution is -2.14. The van der Waals surface area contributed by atoms with Crippen LogP contribution in [0.4, 0.5) is 18.9 Å². The van der Waals surface area contributed by atoms with E-state index in [0.29, 0.717) is 16.8 Å². The van der Waals surface area contributed by atoms with Crippen molar-refractivity contribution in [2.75, 3.05) is 4.90 Å². The van der Waals surface area contributed by atoms with Crippen molar-refractivity contribution in [3.63, 3.8) is 0 Å². The van der Waals surface area contributed by atoms with Gasteiger partial charge in [-0.05, 0) is 23.8 Å². The Balaban J connectivity index is 2.07. The van der Waals surface area contributed by atoms with E-state index in [1.54, 1.807) is 11.0 Å². The van der Waals surface area contributed by atoms with Crippen LogP contribution < -0.4 is 4.90 Å². The molecule has 0 fully saturated rings. The van der Waals surface area contributed by atoms with Gasteiger partial charge in [-0.3, -0.25) is 0 Å². The first kappa shape index (κ1) is 12.8. The number of benzene rings is 2. The van der Waals surface area contributed by atoms with E-state index < -0.39 is 11.7 Å². The lowest BCUT2D eigenvalue weighted by atomic mass is 10.0. The van der Waals surface area contributed by atoms with Gasteiger partial charge in [0.25, 0.3) is 0 Å². The van der Waals surface area contributed by atoms with E-state index in [1.165, 1.54) is 6.07 Å². The third-order valence-electron chi connectivity index (χ3n) is 3.50. The minimum absolute atomic E-state index is 0.202. The summed E-state index contributed by atoms with van der Waals surface area (Å²) in [6.45, 7) is 4.14. The lowest BCUT2D eigenvalue weighted by molar-refractivity contribution is -0.138. The van der Waals surface area contributed by atoms with Crippen LogP contribution in [-0.4, -0.2) is 0 Å². The number of anilines is 1. The van der Waals surface area contributed by atoms with Gasteiger partial charge in [-0.2, -0.15) is 13.2 Å². The summed E-state index contributed by atoms with van der Waals surface area (Å²) >= 11 is 0. The molecule has 2 aromatic rings. The highest BCUT2D eigenvalue weighted by Gasteiger charge is 2.37. The second-order valence-electron chi connectivity index (χ2n) is 4.70. The molecule has 0 aromatic heterocycles. The average Bonchev–Trinajstić information content (AvgIpc) is 2.76. The second-order valence-corrected chi connectivity index (χ2v) is 4.70. The number of fused-ring (bicyclic) bond motifs is 1. The van der Waals surface area contributed by atoms with E-state index in [9.17, 15) is 13.2 Å². The molecule has 0 unspecified atom stereocenters. The van der Waals surface area contributed by atoms with Gasteiger partial charge in [-0.15, -0.1) is 0 Å². The Morgan fingerprint density at radius 3 is 2.30 bits per heavy atom. The molecule has 0 aliphatic carbocycles. The Labute approximate surface area is 115 Å². The number of hydrogen-bond donors (Lipinski definition) is 0. The first-order valence-electron chi connectivity index (χ1n) is 6.19. The van der Waals surface area contributed by atoms with E-state index in [-0.39, 0.29) is 6.54 Å². The molecular weight excluding hydrogens is 263 g/mol. The largest absolute Gasteiger partial charge is 0.416 e. The molecule has 20 heavy (non-hydrogen) atoms. The molecule has 102 valence electrons. The molecule has 0 bridgehead atoms. The van der Waals surface area contributed by atoms with Gasteiger partial charge in [0.1, 0.15) is 0 Å². The average molecular weight is 275 g/mol. The van der Waals surface area contributed by atoms with E-state index in [4.69, 9.17) is 0 Å². The van der Waals surface area contributed by atoms with E-state index in [0.717, 1.165) is 11.8 Å². The van der Waals surface area contributed by atoms with Crippen LogP contribution in [0, 0.1) is 0 Å². The first-order chi connectivity index (χ1) is 9.48. The normalized spacial score (nSPS) is 14.6. The maximum atomic E-state index is 13.1. The molecule has 0 saturated carbocycles. The fourth-order valence-corrected chi connectivity index (χ4v) is 2.55. The number of rotatable bonds is 1. The smallest absolute Gasteiger partial charge is 0.337 e. The molecular formula is C16H12F3N. The summed E-state index contributed by atoms with van der Waals surface area (Å²) in [6.07, 6.45) is -4.33. The second kappa shape index (κ2) is 4.40. The summed E-state index contributed by atoms with van der Waals surface area (Å²) in [5.41, 5.74) is 1.76. The molecule has 0 spiro atoms. The van der Waals surface area contributed by atoms with Crippen molar-refractivity contribution >= 4 is 11.4 Å². The minimum atomic E-state index is -4.33. The molecule has 1 nitrogen and oxygen atoms in total. The highest BCUT2D eigenvalue weighted by molar-refractivity contribution is 5.84. The zero-order chi connectivity index (χ0) is 14.3. The molecule has 0 radical (unpaired) electrons. The van der Waals surface area contributed by atoms with Gasteiger partial charge in [-0.1, -0.05) is 36.9 Å². The van der Waals surface area contributed by atoms with Crippen molar-refractivity contribution in [2.45, 2.75) is 12.7 Å². The fourth-order valence-electron chi connectivity index (χ4n) is 2.55. The van der Waals surface area contributed by atoms with Crippen LogP contribution in [0.2, 0.25) is 0 Å². The number of alkyl halides is 3. The van der Waals surface area contributed by atoms with Crippen LogP contribution in [0.5, 0.6) is 0 Å². The SMILES string of the molecule is C=C1c2cccc(C(F)(F)F)c2CN1c1ccccc1. The maximum absolute atomic E-state index is 13.1. The van der Waals surface area contributed by atoms with Gasteiger partial charge in [0.2, 0.25) is 0 Å². The highest BCUT2D eigenvalue weighted by Crippen LogP contribution is 2.42. The number of nitrogens with zero attached hydrogens (tertiary/aromatic N) is 1. The first-order valence-corrected chi connectivity index (χ1v) is 6.19. The number of halogens is 3. The van der Waals surface area contributed by atoms with E-state index in [1.807, 2.05) is 30.3 Å². The third-order valence-corrected chi connectivity index (χ3v) is 3.50. The Kier molecular flexibility index (Phi) is 2.82. The molecule has 1 heterocycles. The summed E-state index contributed by atoms with van der Waals surface area (Å²) < 4.78 is 39.2. The van der Waals surface area contributed by atoms with Crippen molar-refractivity contribution in [3.05, 3.63) is 71.8 Å². The Morgan fingerprint density at radius 2 is 1.65 bits per heavy atom. The number of para-hydroxylation sites is 1. The quantitative estimate of drug-likeness (QED) is 0.729. The van der Waals surface area contributed by atoms with Gasteiger partial charge < -0.3 is 4.90 Å². The summed E-state index contributed by atoms with van der Waals surface area (Å²) in [5.74, 6) is 0. The van der Waals surface area contributed by atoms with Crippen LogP contribution in [0.15, 0.2) is 55.1 Å². The van der Waals surface area contributed by atoms with Crippen molar-refractivity contribution in [3.8, 4) is 0 Å². The zero-order valence-corrected chi connectivity index (χ0v) is 10.6. The van der Waals surface area contributed by atoms with E-state index >= 15 is 0 Å². The molecule has 0 amide bonds. The fraction of sp³-hybridized carbons (Fsp3) is 0.125. The zero-order valence-electron chi connectivity index (χ0n) is 10.6. The Bertz CT molecular complexity index is 659. The summed E-state index contributed by atoms with van der Waals surface area (Å²) in [5, 5.41) is 0. The summed E-state index contributed by atoms with van der Waals surface area (Å²) in [6, 6.07) is 13.6. The van der Waals surface area contributed by atoms with Crippen LogP contribution in [-0.2, 0) is 12.7 Å². The van der Waals surface area contributed by atoms with Gasteiger partial charge in [0.05, 0.1) is 5.56 Å². The van der Waals surface area contributed by atoms with E-state index in [2.05, 4.69) is 6.58 Å². The van der Waals surface area contributed by atoms with Crippen LogP contribution in [0.25, 0.3) is 5.70 Å². The topological polar surface area (TPSA) is 3.24 Å². The number of hydrogen-bond acceptors (Lipinski definition) is 1. The summed E-state index contributed by atoms with van der Waals surface area (Å²) in [7, 11) is 0. The molecule has 3 rings (SSSR count).